The molecule has 0 aliphatic carbocycles. The van der Waals surface area contributed by atoms with E-state index in [1.165, 1.54) is 41.0 Å². The van der Waals surface area contributed by atoms with Crippen molar-refractivity contribution in [3.05, 3.63) is 63.1 Å². The van der Waals surface area contributed by atoms with Crippen LogP contribution in [-0.2, 0) is 17.0 Å². The van der Waals surface area contributed by atoms with Crippen molar-refractivity contribution in [3.8, 4) is 0 Å². The lowest BCUT2D eigenvalue weighted by molar-refractivity contribution is -0.115. The zero-order valence-corrected chi connectivity index (χ0v) is 18.5. The molecule has 154 valence electrons. The Morgan fingerprint density at radius 1 is 1.17 bits per heavy atom. The first kappa shape index (κ1) is 20.6. The number of rotatable bonds is 7. The number of carbonyl (C=O) groups is 1. The smallest absolute Gasteiger partial charge is 0.276 e. The minimum absolute atomic E-state index is 0.178. The number of amides is 1. The predicted octanol–water partition coefficient (Wildman–Crippen LogP) is 5.00. The van der Waals surface area contributed by atoms with E-state index in [-0.39, 0.29) is 11.6 Å². The molecule has 0 radical (unpaired) electrons. The minimum atomic E-state index is -0.479. The fraction of sp³-hybridized carbons (Fsp3) is 0.211. The molecule has 0 spiro atoms. The molecule has 3 aromatic heterocycles. The predicted molar refractivity (Wildman–Crippen MR) is 115 cm³/mol. The second kappa shape index (κ2) is 9.02. The van der Waals surface area contributed by atoms with Crippen LogP contribution >= 0.6 is 34.4 Å². The Morgan fingerprint density at radius 3 is 2.70 bits per heavy atom. The zero-order valence-electron chi connectivity index (χ0n) is 16.0. The van der Waals surface area contributed by atoms with E-state index in [9.17, 15) is 9.18 Å². The highest BCUT2D eigenvalue weighted by Crippen LogP contribution is 2.32. The molecule has 0 aliphatic heterocycles. The number of aromatic nitrogens is 4. The fourth-order valence-electron chi connectivity index (χ4n) is 2.65. The Bertz CT molecular complexity index is 1170. The van der Waals surface area contributed by atoms with E-state index in [2.05, 4.69) is 20.2 Å². The van der Waals surface area contributed by atoms with Gasteiger partial charge in [-0.25, -0.2) is 14.4 Å². The SMILES string of the molecule is CC(=O)N(c1nc(CSc2nnc(Cc3csc(C)n3)o2)cs1)c1ccccc1F. The van der Waals surface area contributed by atoms with Gasteiger partial charge in [0.2, 0.25) is 11.8 Å². The lowest BCUT2D eigenvalue weighted by Gasteiger charge is -2.18. The highest BCUT2D eigenvalue weighted by atomic mass is 32.2. The maximum atomic E-state index is 14.2. The van der Waals surface area contributed by atoms with Gasteiger partial charge < -0.3 is 4.42 Å². The molecule has 11 heteroatoms. The van der Waals surface area contributed by atoms with Crippen LogP contribution in [0.1, 0.15) is 29.2 Å². The Labute approximate surface area is 184 Å². The molecule has 4 aromatic rings. The van der Waals surface area contributed by atoms with Crippen LogP contribution in [0.4, 0.5) is 15.2 Å². The van der Waals surface area contributed by atoms with Crippen molar-refractivity contribution >= 4 is 51.2 Å². The number of para-hydroxylation sites is 1. The first-order valence-corrected chi connectivity index (χ1v) is 11.6. The van der Waals surface area contributed by atoms with Crippen molar-refractivity contribution in [3.63, 3.8) is 0 Å². The van der Waals surface area contributed by atoms with E-state index in [1.54, 1.807) is 29.5 Å². The summed E-state index contributed by atoms with van der Waals surface area (Å²) in [7, 11) is 0. The number of carbonyl (C=O) groups excluding carboxylic acids is 1. The summed E-state index contributed by atoms with van der Waals surface area (Å²) in [5.41, 5.74) is 1.81. The number of thioether (sulfide) groups is 1. The van der Waals surface area contributed by atoms with Crippen LogP contribution in [0.2, 0.25) is 0 Å². The van der Waals surface area contributed by atoms with E-state index >= 15 is 0 Å². The lowest BCUT2D eigenvalue weighted by Crippen LogP contribution is -2.23. The van der Waals surface area contributed by atoms with Gasteiger partial charge in [-0.2, -0.15) is 0 Å². The molecule has 0 unspecified atom stereocenters. The normalized spacial score (nSPS) is 11.0. The van der Waals surface area contributed by atoms with E-state index < -0.39 is 5.82 Å². The Hall–Kier alpha value is -2.63. The molecule has 3 heterocycles. The van der Waals surface area contributed by atoms with Crippen LogP contribution in [0.25, 0.3) is 0 Å². The van der Waals surface area contributed by atoms with Crippen molar-refractivity contribution in [2.75, 3.05) is 4.90 Å². The summed E-state index contributed by atoms with van der Waals surface area (Å²) in [6.07, 6.45) is 0.495. The van der Waals surface area contributed by atoms with Gasteiger partial charge in [0.25, 0.3) is 5.22 Å². The molecular weight excluding hydrogens is 445 g/mol. The van der Waals surface area contributed by atoms with Crippen molar-refractivity contribution in [2.45, 2.75) is 31.2 Å². The largest absolute Gasteiger partial charge is 0.416 e. The summed E-state index contributed by atoms with van der Waals surface area (Å²) in [6, 6.07) is 6.13. The maximum absolute atomic E-state index is 14.2. The van der Waals surface area contributed by atoms with Gasteiger partial charge >= 0.3 is 0 Å². The number of anilines is 2. The number of nitrogens with zero attached hydrogens (tertiary/aromatic N) is 5. The molecular formula is C19H16FN5O2S3. The van der Waals surface area contributed by atoms with Crippen LogP contribution in [0.15, 0.2) is 44.7 Å². The third-order valence-corrected chi connectivity index (χ3v) is 6.48. The highest BCUT2D eigenvalue weighted by molar-refractivity contribution is 7.98. The summed E-state index contributed by atoms with van der Waals surface area (Å²) in [6.45, 7) is 3.33. The van der Waals surface area contributed by atoms with Gasteiger partial charge in [0, 0.05) is 23.4 Å². The van der Waals surface area contributed by atoms with Gasteiger partial charge in [0.1, 0.15) is 5.82 Å². The van der Waals surface area contributed by atoms with Crippen molar-refractivity contribution in [2.24, 2.45) is 0 Å². The van der Waals surface area contributed by atoms with Crippen LogP contribution in [0.5, 0.6) is 0 Å². The monoisotopic (exact) mass is 461 g/mol. The van der Waals surface area contributed by atoms with Gasteiger partial charge in [0.15, 0.2) is 5.13 Å². The summed E-state index contributed by atoms with van der Waals surface area (Å²) in [5, 5.41) is 13.7. The first-order valence-electron chi connectivity index (χ1n) is 8.85. The zero-order chi connectivity index (χ0) is 21.1. The third-order valence-electron chi connectivity index (χ3n) is 3.93. The Morgan fingerprint density at radius 2 is 1.97 bits per heavy atom. The van der Waals surface area contributed by atoms with Gasteiger partial charge in [-0.05, 0) is 19.1 Å². The molecule has 4 rings (SSSR count). The summed E-state index contributed by atoms with van der Waals surface area (Å²) in [4.78, 5) is 22.3. The molecule has 1 aromatic carbocycles. The fourth-order valence-corrected chi connectivity index (χ4v) is 4.92. The molecule has 0 N–H and O–H groups in total. The number of halogens is 1. The molecule has 0 fully saturated rings. The molecule has 1 amide bonds. The molecule has 0 atom stereocenters. The Balaban J connectivity index is 1.42. The third kappa shape index (κ3) is 4.74. The Kier molecular flexibility index (Phi) is 6.21. The van der Waals surface area contributed by atoms with Gasteiger partial charge in [-0.3, -0.25) is 9.69 Å². The van der Waals surface area contributed by atoms with Crippen LogP contribution in [-0.4, -0.2) is 26.1 Å². The van der Waals surface area contributed by atoms with Crippen LogP contribution in [0.3, 0.4) is 0 Å². The van der Waals surface area contributed by atoms with E-state index in [4.69, 9.17) is 4.42 Å². The van der Waals surface area contributed by atoms with Crippen molar-refractivity contribution in [1.82, 2.24) is 20.2 Å². The summed E-state index contributed by atoms with van der Waals surface area (Å²) in [5.74, 6) is 0.195. The molecule has 7 nitrogen and oxygen atoms in total. The number of hydrogen-bond acceptors (Lipinski definition) is 9. The molecule has 0 saturated carbocycles. The van der Waals surface area contributed by atoms with E-state index in [0.29, 0.717) is 28.4 Å². The van der Waals surface area contributed by atoms with Crippen LogP contribution < -0.4 is 4.90 Å². The highest BCUT2D eigenvalue weighted by Gasteiger charge is 2.21. The van der Waals surface area contributed by atoms with Crippen LogP contribution in [0, 0.1) is 12.7 Å². The molecule has 30 heavy (non-hydrogen) atoms. The van der Waals surface area contributed by atoms with E-state index in [0.717, 1.165) is 16.4 Å². The number of thiazole rings is 2. The molecule has 0 bridgehead atoms. The second-order valence-electron chi connectivity index (χ2n) is 6.21. The maximum Gasteiger partial charge on any atom is 0.276 e. The van der Waals surface area contributed by atoms with E-state index in [1.807, 2.05) is 17.7 Å². The van der Waals surface area contributed by atoms with Crippen molar-refractivity contribution in [1.29, 1.82) is 0 Å². The number of hydrogen-bond donors (Lipinski definition) is 0. The quantitative estimate of drug-likeness (QED) is 0.358. The standard InChI is InChI=1S/C19H16FN5O2S3/c1-11-21-13(8-28-11)7-17-23-24-19(27-17)30-10-14-9-29-18(22-14)25(12(2)26)16-6-4-3-5-15(16)20/h3-6,8-9H,7,10H2,1-2H3. The topological polar surface area (TPSA) is 85.0 Å². The summed E-state index contributed by atoms with van der Waals surface area (Å²) < 4.78 is 19.8. The first-order chi connectivity index (χ1) is 14.5. The molecule has 0 aliphatic rings. The average Bonchev–Trinajstić information content (AvgIpc) is 3.44. The molecule has 0 saturated heterocycles. The second-order valence-corrected chi connectivity index (χ2v) is 9.04. The average molecular weight is 462 g/mol. The number of aryl methyl sites for hydroxylation is 1. The number of benzene rings is 1. The van der Waals surface area contributed by atoms with Gasteiger partial charge in [-0.15, -0.1) is 32.9 Å². The van der Waals surface area contributed by atoms with Gasteiger partial charge in [-0.1, -0.05) is 23.9 Å². The lowest BCUT2D eigenvalue weighted by atomic mass is 10.3. The van der Waals surface area contributed by atoms with Gasteiger partial charge in [0.05, 0.1) is 28.5 Å². The summed E-state index contributed by atoms with van der Waals surface area (Å²) >= 11 is 4.20. The van der Waals surface area contributed by atoms with Crippen molar-refractivity contribution < 1.29 is 13.6 Å². The minimum Gasteiger partial charge on any atom is -0.416 e.